The van der Waals surface area contributed by atoms with Crippen LogP contribution in [0.15, 0.2) is 42.7 Å². The topological polar surface area (TPSA) is 55.9 Å². The van der Waals surface area contributed by atoms with Gasteiger partial charge in [0.25, 0.3) is 0 Å². The maximum absolute atomic E-state index is 5.79. The van der Waals surface area contributed by atoms with Crippen molar-refractivity contribution in [2.45, 2.75) is 25.9 Å². The Balaban J connectivity index is 2.02. The summed E-state index contributed by atoms with van der Waals surface area (Å²) in [7, 11) is 0. The molecule has 0 radical (unpaired) electrons. The third kappa shape index (κ3) is 2.35. The molecule has 0 saturated carbocycles. The molecule has 1 unspecified atom stereocenters. The molecule has 2 aromatic heterocycles. The maximum atomic E-state index is 5.79. The van der Waals surface area contributed by atoms with Crippen LogP contribution in [0.3, 0.4) is 0 Å². The molecule has 0 aliphatic carbocycles. The van der Waals surface area contributed by atoms with Gasteiger partial charge in [0.15, 0.2) is 0 Å². The Morgan fingerprint density at radius 3 is 3.00 bits per heavy atom. The number of benzene rings is 1. The summed E-state index contributed by atoms with van der Waals surface area (Å²) >= 11 is 1.76. The second kappa shape index (κ2) is 5.75. The summed E-state index contributed by atoms with van der Waals surface area (Å²) < 4.78 is 3.44. The molecule has 0 aliphatic rings. The maximum Gasteiger partial charge on any atom is 0.132 e. The first-order valence-corrected chi connectivity index (χ1v) is 7.60. The zero-order chi connectivity index (χ0) is 13.9. The molecule has 3 N–H and O–H groups in total. The van der Waals surface area contributed by atoms with E-state index in [4.69, 9.17) is 5.84 Å². The first-order chi connectivity index (χ1) is 9.83. The molecule has 1 atom stereocenters. The zero-order valence-electron chi connectivity index (χ0n) is 11.4. The number of nitrogens with zero attached hydrogens (tertiary/aromatic N) is 2. The van der Waals surface area contributed by atoms with E-state index in [1.165, 1.54) is 15.0 Å². The van der Waals surface area contributed by atoms with Crippen LogP contribution in [0.5, 0.6) is 0 Å². The van der Waals surface area contributed by atoms with Gasteiger partial charge in [-0.2, -0.15) is 0 Å². The highest BCUT2D eigenvalue weighted by molar-refractivity contribution is 7.19. The van der Waals surface area contributed by atoms with Gasteiger partial charge in [-0.1, -0.05) is 25.1 Å². The molecule has 2 heterocycles. The van der Waals surface area contributed by atoms with Gasteiger partial charge in [-0.25, -0.2) is 10.4 Å². The monoisotopic (exact) mass is 286 g/mol. The summed E-state index contributed by atoms with van der Waals surface area (Å²) in [5.41, 5.74) is 2.91. The SMILES string of the molecule is CCCn1ccnc1C(NN)c1cc2ccccc2s1. The molecule has 20 heavy (non-hydrogen) atoms. The van der Waals surface area contributed by atoms with Crippen molar-refractivity contribution >= 4 is 21.4 Å². The molecule has 0 spiro atoms. The summed E-state index contributed by atoms with van der Waals surface area (Å²) in [5.74, 6) is 6.76. The minimum atomic E-state index is -0.0612. The summed E-state index contributed by atoms with van der Waals surface area (Å²) in [6.07, 6.45) is 4.92. The second-order valence-corrected chi connectivity index (χ2v) is 5.88. The normalized spacial score (nSPS) is 12.9. The molecule has 0 saturated heterocycles. The van der Waals surface area contributed by atoms with Crippen molar-refractivity contribution in [1.82, 2.24) is 15.0 Å². The number of fused-ring (bicyclic) bond motifs is 1. The van der Waals surface area contributed by atoms with E-state index >= 15 is 0 Å². The number of aromatic nitrogens is 2. The lowest BCUT2D eigenvalue weighted by atomic mass is 10.2. The molecule has 0 aliphatic heterocycles. The molecule has 104 valence electrons. The van der Waals surface area contributed by atoms with Gasteiger partial charge in [-0.3, -0.25) is 5.84 Å². The van der Waals surface area contributed by atoms with Crippen molar-refractivity contribution in [2.75, 3.05) is 0 Å². The largest absolute Gasteiger partial charge is 0.333 e. The average molecular weight is 286 g/mol. The Bertz CT molecular complexity index is 668. The molecular formula is C15H18N4S. The standard InChI is InChI=1S/C15H18N4S/c1-2-8-19-9-7-17-15(19)14(18-16)13-10-11-5-3-4-6-12(11)20-13/h3-7,9-10,14,18H,2,8,16H2,1H3. The molecule has 3 aromatic rings. The van der Waals surface area contributed by atoms with Gasteiger partial charge in [-0.05, 0) is 23.9 Å². The van der Waals surface area contributed by atoms with Crippen LogP contribution < -0.4 is 11.3 Å². The van der Waals surface area contributed by atoms with Crippen LogP contribution in [0, 0.1) is 0 Å². The molecular weight excluding hydrogens is 268 g/mol. The van der Waals surface area contributed by atoms with Gasteiger partial charge in [0.1, 0.15) is 11.9 Å². The van der Waals surface area contributed by atoms with E-state index in [-0.39, 0.29) is 6.04 Å². The molecule has 1 aromatic carbocycles. The number of nitrogens with two attached hydrogens (primary N) is 1. The highest BCUT2D eigenvalue weighted by Crippen LogP contribution is 2.32. The number of imidazole rings is 1. The molecule has 0 amide bonds. The molecule has 0 bridgehead atoms. The van der Waals surface area contributed by atoms with Crippen LogP contribution in [0.4, 0.5) is 0 Å². The number of thiophene rings is 1. The smallest absolute Gasteiger partial charge is 0.132 e. The molecule has 4 nitrogen and oxygen atoms in total. The van der Waals surface area contributed by atoms with Crippen LogP contribution in [-0.2, 0) is 6.54 Å². The lowest BCUT2D eigenvalue weighted by molar-refractivity contribution is 0.551. The second-order valence-electron chi connectivity index (χ2n) is 4.77. The van der Waals surface area contributed by atoms with Gasteiger partial charge in [0, 0.05) is 28.5 Å². The molecule has 5 heteroatoms. The van der Waals surface area contributed by atoms with E-state index < -0.39 is 0 Å². The fourth-order valence-corrected chi connectivity index (χ4v) is 3.56. The minimum Gasteiger partial charge on any atom is -0.333 e. The van der Waals surface area contributed by atoms with E-state index in [1.54, 1.807) is 11.3 Å². The lowest BCUT2D eigenvalue weighted by Crippen LogP contribution is -2.30. The average Bonchev–Trinajstić information content (AvgIpc) is 3.07. The molecule has 0 fully saturated rings. The Morgan fingerprint density at radius 2 is 2.25 bits per heavy atom. The predicted octanol–water partition coefficient (Wildman–Crippen LogP) is 3.06. The molecule has 3 rings (SSSR count). The van der Waals surface area contributed by atoms with Gasteiger partial charge in [-0.15, -0.1) is 11.3 Å². The number of hydrazine groups is 1. The predicted molar refractivity (Wildman–Crippen MR) is 83.5 cm³/mol. The summed E-state index contributed by atoms with van der Waals surface area (Å²) in [6, 6.07) is 10.5. The highest BCUT2D eigenvalue weighted by atomic mass is 32.1. The Hall–Kier alpha value is -1.69. The van der Waals surface area contributed by atoms with E-state index in [0.29, 0.717) is 0 Å². The van der Waals surface area contributed by atoms with E-state index in [9.17, 15) is 0 Å². The summed E-state index contributed by atoms with van der Waals surface area (Å²) in [5, 5.41) is 1.25. The number of nitrogens with one attached hydrogen (secondary N) is 1. The quantitative estimate of drug-likeness (QED) is 0.560. The zero-order valence-corrected chi connectivity index (χ0v) is 12.2. The summed E-state index contributed by atoms with van der Waals surface area (Å²) in [4.78, 5) is 5.67. The van der Waals surface area contributed by atoms with Crippen LogP contribution in [0.25, 0.3) is 10.1 Å². The van der Waals surface area contributed by atoms with Gasteiger partial charge < -0.3 is 4.57 Å². The first kappa shape index (κ1) is 13.3. The number of hydrogen-bond acceptors (Lipinski definition) is 4. The van der Waals surface area contributed by atoms with Crippen molar-refractivity contribution in [1.29, 1.82) is 0 Å². The third-order valence-corrected chi connectivity index (χ3v) is 4.55. The lowest BCUT2D eigenvalue weighted by Gasteiger charge is -2.15. The van der Waals surface area contributed by atoms with Crippen molar-refractivity contribution in [3.05, 3.63) is 53.4 Å². The van der Waals surface area contributed by atoms with Gasteiger partial charge >= 0.3 is 0 Å². The third-order valence-electron chi connectivity index (χ3n) is 3.37. The van der Waals surface area contributed by atoms with Crippen molar-refractivity contribution < 1.29 is 0 Å². The van der Waals surface area contributed by atoms with Crippen LogP contribution in [-0.4, -0.2) is 9.55 Å². The minimum absolute atomic E-state index is 0.0612. The van der Waals surface area contributed by atoms with Crippen molar-refractivity contribution in [2.24, 2.45) is 5.84 Å². The fourth-order valence-electron chi connectivity index (χ4n) is 2.44. The van der Waals surface area contributed by atoms with Crippen LogP contribution >= 0.6 is 11.3 Å². The fraction of sp³-hybridized carbons (Fsp3) is 0.267. The van der Waals surface area contributed by atoms with Gasteiger partial charge in [0.05, 0.1) is 0 Å². The number of rotatable bonds is 5. The highest BCUT2D eigenvalue weighted by Gasteiger charge is 2.19. The number of aryl methyl sites for hydroxylation is 1. The van der Waals surface area contributed by atoms with Crippen LogP contribution in [0.1, 0.15) is 30.1 Å². The Labute approximate surface area is 122 Å². The van der Waals surface area contributed by atoms with E-state index in [0.717, 1.165) is 18.8 Å². The van der Waals surface area contributed by atoms with Crippen molar-refractivity contribution in [3.8, 4) is 0 Å². The van der Waals surface area contributed by atoms with Crippen LogP contribution in [0.2, 0.25) is 0 Å². The summed E-state index contributed by atoms with van der Waals surface area (Å²) in [6.45, 7) is 3.12. The van der Waals surface area contributed by atoms with E-state index in [1.807, 2.05) is 12.4 Å². The Morgan fingerprint density at radius 1 is 1.40 bits per heavy atom. The Kier molecular flexibility index (Phi) is 3.82. The van der Waals surface area contributed by atoms with E-state index in [2.05, 4.69) is 52.2 Å². The van der Waals surface area contributed by atoms with Crippen molar-refractivity contribution in [3.63, 3.8) is 0 Å². The van der Waals surface area contributed by atoms with Gasteiger partial charge in [0.2, 0.25) is 0 Å². The first-order valence-electron chi connectivity index (χ1n) is 6.79. The number of hydrogen-bond donors (Lipinski definition) is 2.